The number of fused-ring (bicyclic) bond motifs is 1. The maximum Gasteiger partial charge on any atom is 0.103 e. The highest BCUT2D eigenvalue weighted by Gasteiger charge is 2.09. The van der Waals surface area contributed by atoms with Crippen molar-refractivity contribution in [2.45, 2.75) is 13.3 Å². The Kier molecular flexibility index (Phi) is 4.40. The topological polar surface area (TPSA) is 61.6 Å². The second kappa shape index (κ2) is 6.64. The fourth-order valence-electron chi connectivity index (χ4n) is 2.42. The first-order valence-corrected chi connectivity index (χ1v) is 7.69. The quantitative estimate of drug-likeness (QED) is 0.785. The summed E-state index contributed by atoms with van der Waals surface area (Å²) in [4.78, 5) is 8.59. The van der Waals surface area contributed by atoms with Gasteiger partial charge in [-0.15, -0.1) is 0 Å². The second-order valence-corrected chi connectivity index (χ2v) is 5.74. The molecule has 3 aromatic rings. The maximum atomic E-state index is 9.32. The smallest absolute Gasteiger partial charge is 0.103 e. The number of hydrogen-bond donors (Lipinski definition) is 1. The molecule has 0 aliphatic heterocycles. The fraction of sp³-hybridized carbons (Fsp3) is 0.167. The van der Waals surface area contributed by atoms with Crippen molar-refractivity contribution in [2.75, 3.05) is 11.9 Å². The van der Waals surface area contributed by atoms with E-state index >= 15 is 0 Å². The molecule has 2 aromatic heterocycles. The molecule has 2 heterocycles. The minimum atomic E-state index is 0.516. The summed E-state index contributed by atoms with van der Waals surface area (Å²) >= 11 is 6.08. The average molecular weight is 323 g/mol. The normalized spacial score (nSPS) is 10.5. The molecule has 0 atom stereocenters. The maximum absolute atomic E-state index is 9.32. The Hall–Kier alpha value is -2.64. The lowest BCUT2D eigenvalue weighted by atomic mass is 10.1. The molecule has 0 aliphatic carbocycles. The molecule has 0 aliphatic rings. The van der Waals surface area contributed by atoms with E-state index in [2.05, 4.69) is 27.4 Å². The summed E-state index contributed by atoms with van der Waals surface area (Å²) in [7, 11) is 0. The number of hydrogen-bond acceptors (Lipinski definition) is 4. The van der Waals surface area contributed by atoms with Gasteiger partial charge in [0.05, 0.1) is 16.8 Å². The number of nitriles is 1. The van der Waals surface area contributed by atoms with E-state index < -0.39 is 0 Å². The molecular formula is C18H15ClN4. The molecule has 0 radical (unpaired) electrons. The zero-order valence-electron chi connectivity index (χ0n) is 12.7. The van der Waals surface area contributed by atoms with Crippen LogP contribution >= 0.6 is 11.6 Å². The number of pyridine rings is 2. The molecule has 1 N–H and O–H groups in total. The minimum Gasteiger partial charge on any atom is -0.383 e. The van der Waals surface area contributed by atoms with Crippen LogP contribution in [0.25, 0.3) is 10.9 Å². The standard InChI is InChI=1S/C18H15ClN4/c1-12-2-3-13(10-22-12)6-7-21-18-14(9-20)11-23-17-5-4-15(19)8-16(17)18/h2-5,8,10-11H,6-7H2,1H3,(H,21,23). The Morgan fingerprint density at radius 3 is 2.78 bits per heavy atom. The molecule has 0 unspecified atom stereocenters. The van der Waals surface area contributed by atoms with E-state index in [9.17, 15) is 5.26 Å². The summed E-state index contributed by atoms with van der Waals surface area (Å²) in [6, 6.07) is 11.7. The van der Waals surface area contributed by atoms with Gasteiger partial charge in [-0.3, -0.25) is 9.97 Å². The van der Waals surface area contributed by atoms with Gasteiger partial charge in [0.2, 0.25) is 0 Å². The summed E-state index contributed by atoms with van der Waals surface area (Å²) < 4.78 is 0. The van der Waals surface area contributed by atoms with Crippen LogP contribution < -0.4 is 5.32 Å². The van der Waals surface area contributed by atoms with Crippen LogP contribution in [0.2, 0.25) is 5.02 Å². The first-order chi connectivity index (χ1) is 11.2. The molecule has 0 saturated carbocycles. The minimum absolute atomic E-state index is 0.516. The predicted molar refractivity (Wildman–Crippen MR) is 92.6 cm³/mol. The molecule has 0 bridgehead atoms. The summed E-state index contributed by atoms with van der Waals surface area (Å²) in [6.07, 6.45) is 4.29. The van der Waals surface area contributed by atoms with Crippen LogP contribution in [0, 0.1) is 18.3 Å². The van der Waals surface area contributed by atoms with Gasteiger partial charge < -0.3 is 5.32 Å². The van der Waals surface area contributed by atoms with E-state index in [0.29, 0.717) is 17.1 Å². The highest BCUT2D eigenvalue weighted by atomic mass is 35.5. The first kappa shape index (κ1) is 15.3. The van der Waals surface area contributed by atoms with Crippen molar-refractivity contribution >= 4 is 28.2 Å². The lowest BCUT2D eigenvalue weighted by Gasteiger charge is -2.11. The van der Waals surface area contributed by atoms with Crippen LogP contribution in [0.15, 0.2) is 42.7 Å². The van der Waals surface area contributed by atoms with Crippen LogP contribution in [-0.2, 0) is 6.42 Å². The molecule has 4 nitrogen and oxygen atoms in total. The Morgan fingerprint density at radius 2 is 2.04 bits per heavy atom. The third kappa shape index (κ3) is 3.41. The summed E-state index contributed by atoms with van der Waals surface area (Å²) in [5.74, 6) is 0. The van der Waals surface area contributed by atoms with Gasteiger partial charge in [0, 0.05) is 35.0 Å². The van der Waals surface area contributed by atoms with Crippen LogP contribution in [-0.4, -0.2) is 16.5 Å². The van der Waals surface area contributed by atoms with E-state index in [4.69, 9.17) is 11.6 Å². The summed E-state index contributed by atoms with van der Waals surface area (Å²) in [6.45, 7) is 2.67. The van der Waals surface area contributed by atoms with Gasteiger partial charge >= 0.3 is 0 Å². The van der Waals surface area contributed by atoms with Crippen molar-refractivity contribution in [3.05, 3.63) is 64.6 Å². The fourth-order valence-corrected chi connectivity index (χ4v) is 2.59. The predicted octanol–water partition coefficient (Wildman–Crippen LogP) is 4.12. The van der Waals surface area contributed by atoms with E-state index in [1.165, 1.54) is 0 Å². The molecule has 0 amide bonds. The largest absolute Gasteiger partial charge is 0.383 e. The number of benzene rings is 1. The molecule has 1 aromatic carbocycles. The van der Waals surface area contributed by atoms with Crippen molar-refractivity contribution in [3.8, 4) is 6.07 Å². The van der Waals surface area contributed by atoms with E-state index in [0.717, 1.165) is 34.3 Å². The molecule has 114 valence electrons. The number of aromatic nitrogens is 2. The highest BCUT2D eigenvalue weighted by molar-refractivity contribution is 6.31. The number of anilines is 1. The molecule has 3 rings (SSSR count). The highest BCUT2D eigenvalue weighted by Crippen LogP contribution is 2.28. The van der Waals surface area contributed by atoms with Crippen molar-refractivity contribution < 1.29 is 0 Å². The third-order valence-corrected chi connectivity index (χ3v) is 3.87. The number of halogens is 1. The third-order valence-electron chi connectivity index (χ3n) is 3.64. The number of rotatable bonds is 4. The van der Waals surface area contributed by atoms with E-state index in [-0.39, 0.29) is 0 Å². The van der Waals surface area contributed by atoms with Crippen molar-refractivity contribution in [2.24, 2.45) is 0 Å². The summed E-state index contributed by atoms with van der Waals surface area (Å²) in [5.41, 5.74) is 4.26. The molecular weight excluding hydrogens is 308 g/mol. The Balaban J connectivity index is 1.85. The zero-order valence-corrected chi connectivity index (χ0v) is 13.4. The van der Waals surface area contributed by atoms with Crippen molar-refractivity contribution in [1.29, 1.82) is 5.26 Å². The van der Waals surface area contributed by atoms with Gasteiger partial charge in [0.15, 0.2) is 0 Å². The molecule has 0 fully saturated rings. The van der Waals surface area contributed by atoms with Crippen molar-refractivity contribution in [3.63, 3.8) is 0 Å². The molecule has 23 heavy (non-hydrogen) atoms. The van der Waals surface area contributed by atoms with Crippen molar-refractivity contribution in [1.82, 2.24) is 9.97 Å². The van der Waals surface area contributed by atoms with Crippen LogP contribution in [0.1, 0.15) is 16.8 Å². The van der Waals surface area contributed by atoms with Gasteiger partial charge in [-0.25, -0.2) is 0 Å². The number of nitrogens with one attached hydrogen (secondary N) is 1. The number of nitrogens with zero attached hydrogens (tertiary/aromatic N) is 3. The molecule has 5 heteroatoms. The monoisotopic (exact) mass is 322 g/mol. The number of aryl methyl sites for hydroxylation is 1. The van der Waals surface area contributed by atoms with Crippen LogP contribution in [0.5, 0.6) is 0 Å². The van der Waals surface area contributed by atoms with Gasteiger partial charge in [-0.2, -0.15) is 5.26 Å². The van der Waals surface area contributed by atoms with Crippen LogP contribution in [0.3, 0.4) is 0 Å². The van der Waals surface area contributed by atoms with Crippen LogP contribution in [0.4, 0.5) is 5.69 Å². The Labute approximate surface area is 139 Å². The molecule has 0 saturated heterocycles. The van der Waals surface area contributed by atoms with Gasteiger partial charge in [0.1, 0.15) is 6.07 Å². The van der Waals surface area contributed by atoms with Gasteiger partial charge in [-0.05, 0) is 43.2 Å². The van der Waals surface area contributed by atoms with E-state index in [1.807, 2.05) is 31.3 Å². The van der Waals surface area contributed by atoms with Gasteiger partial charge in [-0.1, -0.05) is 17.7 Å². The SMILES string of the molecule is Cc1ccc(CCNc2c(C#N)cnc3ccc(Cl)cc23)cn1. The zero-order chi connectivity index (χ0) is 16.2. The van der Waals surface area contributed by atoms with E-state index in [1.54, 1.807) is 12.3 Å². The van der Waals surface area contributed by atoms with Gasteiger partial charge in [0.25, 0.3) is 0 Å². The Bertz CT molecular complexity index is 882. The lowest BCUT2D eigenvalue weighted by Crippen LogP contribution is -2.07. The Morgan fingerprint density at radius 1 is 1.17 bits per heavy atom. The average Bonchev–Trinajstić information content (AvgIpc) is 2.56. The molecule has 0 spiro atoms. The lowest BCUT2D eigenvalue weighted by molar-refractivity contribution is 0.997. The first-order valence-electron chi connectivity index (χ1n) is 7.31. The summed E-state index contributed by atoms with van der Waals surface area (Å²) in [5, 5.41) is 14.2. The second-order valence-electron chi connectivity index (χ2n) is 5.30.